The summed E-state index contributed by atoms with van der Waals surface area (Å²) in [6.45, 7) is 3.70. The molecule has 0 aromatic carbocycles. The van der Waals surface area contributed by atoms with E-state index in [0.717, 1.165) is 17.9 Å². The number of ether oxygens (including phenoxy) is 1. The Labute approximate surface area is 99.3 Å². The van der Waals surface area contributed by atoms with Crippen molar-refractivity contribution in [3.8, 4) is 0 Å². The fourth-order valence-corrected chi connectivity index (χ4v) is 1.57. The summed E-state index contributed by atoms with van der Waals surface area (Å²) in [4.78, 5) is 11.5. The Morgan fingerprint density at radius 2 is 2.50 bits per heavy atom. The second-order valence-electron chi connectivity index (χ2n) is 3.16. The first-order valence-electron chi connectivity index (χ1n) is 5.18. The minimum absolute atomic E-state index is 0.346. The normalized spacial score (nSPS) is 10.4. The van der Waals surface area contributed by atoms with E-state index in [1.54, 1.807) is 24.9 Å². The van der Waals surface area contributed by atoms with Crippen LogP contribution in [0.2, 0.25) is 0 Å². The molecule has 0 saturated carbocycles. The standard InChI is InChI=1S/C10H17N3O2S/c1-3-15-10(14)9-8(7-12-13-9)6-11-4-5-16-2/h7,11H,3-6H2,1-2H3,(H,12,13). The molecule has 0 unspecified atom stereocenters. The first-order valence-corrected chi connectivity index (χ1v) is 6.58. The van der Waals surface area contributed by atoms with Crippen LogP contribution in [0.25, 0.3) is 0 Å². The summed E-state index contributed by atoms with van der Waals surface area (Å²) < 4.78 is 4.91. The molecule has 0 amide bonds. The van der Waals surface area contributed by atoms with Gasteiger partial charge in [-0.1, -0.05) is 0 Å². The minimum atomic E-state index is -0.346. The Balaban J connectivity index is 2.47. The van der Waals surface area contributed by atoms with Crippen LogP contribution in [0.3, 0.4) is 0 Å². The van der Waals surface area contributed by atoms with E-state index in [1.807, 2.05) is 0 Å². The Kier molecular flexibility index (Phi) is 5.95. The third kappa shape index (κ3) is 3.86. The average molecular weight is 243 g/mol. The number of aromatic nitrogens is 2. The van der Waals surface area contributed by atoms with Crippen molar-refractivity contribution in [3.05, 3.63) is 17.5 Å². The summed E-state index contributed by atoms with van der Waals surface area (Å²) in [6.07, 6.45) is 3.71. The highest BCUT2D eigenvalue weighted by Crippen LogP contribution is 2.06. The molecule has 6 heteroatoms. The van der Waals surface area contributed by atoms with Gasteiger partial charge in [0.25, 0.3) is 0 Å². The molecule has 1 heterocycles. The van der Waals surface area contributed by atoms with Crippen molar-refractivity contribution < 1.29 is 9.53 Å². The molecule has 0 radical (unpaired) electrons. The van der Waals surface area contributed by atoms with E-state index in [9.17, 15) is 4.79 Å². The monoisotopic (exact) mass is 243 g/mol. The topological polar surface area (TPSA) is 67.0 Å². The molecule has 0 fully saturated rings. The molecular formula is C10H17N3O2S. The summed E-state index contributed by atoms with van der Waals surface area (Å²) in [7, 11) is 0. The Hall–Kier alpha value is -1.01. The van der Waals surface area contributed by atoms with Crippen LogP contribution >= 0.6 is 11.8 Å². The zero-order valence-corrected chi connectivity index (χ0v) is 10.4. The highest BCUT2D eigenvalue weighted by Gasteiger charge is 2.13. The zero-order valence-electron chi connectivity index (χ0n) is 9.58. The number of carbonyl (C=O) groups is 1. The van der Waals surface area contributed by atoms with Crippen molar-refractivity contribution in [2.45, 2.75) is 13.5 Å². The second-order valence-corrected chi connectivity index (χ2v) is 4.15. The largest absolute Gasteiger partial charge is 0.461 e. The number of aromatic amines is 1. The average Bonchev–Trinajstić information content (AvgIpc) is 2.73. The van der Waals surface area contributed by atoms with Crippen molar-refractivity contribution in [3.63, 3.8) is 0 Å². The van der Waals surface area contributed by atoms with E-state index in [-0.39, 0.29) is 5.97 Å². The van der Waals surface area contributed by atoms with Gasteiger partial charge in [-0.3, -0.25) is 5.10 Å². The maximum atomic E-state index is 11.5. The van der Waals surface area contributed by atoms with Gasteiger partial charge in [-0.15, -0.1) is 0 Å². The number of thioether (sulfide) groups is 1. The molecule has 1 aromatic heterocycles. The molecule has 0 aliphatic carbocycles. The first kappa shape index (κ1) is 13.1. The highest BCUT2D eigenvalue weighted by molar-refractivity contribution is 7.98. The molecule has 0 aliphatic rings. The molecule has 0 aliphatic heterocycles. The molecule has 1 rings (SSSR count). The summed E-state index contributed by atoms with van der Waals surface area (Å²) >= 11 is 1.78. The number of esters is 1. The molecular weight excluding hydrogens is 226 g/mol. The summed E-state index contributed by atoms with van der Waals surface area (Å²) in [5, 5.41) is 9.75. The number of rotatable bonds is 7. The van der Waals surface area contributed by atoms with Crippen molar-refractivity contribution in [1.82, 2.24) is 15.5 Å². The molecule has 16 heavy (non-hydrogen) atoms. The number of nitrogens with zero attached hydrogens (tertiary/aromatic N) is 1. The van der Waals surface area contributed by atoms with Crippen LogP contribution in [-0.2, 0) is 11.3 Å². The van der Waals surface area contributed by atoms with E-state index in [1.165, 1.54) is 0 Å². The van der Waals surface area contributed by atoms with Crippen molar-refractivity contribution in [2.75, 3.05) is 25.2 Å². The lowest BCUT2D eigenvalue weighted by Crippen LogP contribution is -2.18. The van der Waals surface area contributed by atoms with Crippen LogP contribution in [0.15, 0.2) is 6.20 Å². The van der Waals surface area contributed by atoms with Gasteiger partial charge in [0.05, 0.1) is 12.8 Å². The van der Waals surface area contributed by atoms with Gasteiger partial charge in [0.2, 0.25) is 0 Å². The second kappa shape index (κ2) is 7.29. The number of H-pyrrole nitrogens is 1. The molecule has 5 nitrogen and oxygen atoms in total. The lowest BCUT2D eigenvalue weighted by atomic mass is 10.2. The van der Waals surface area contributed by atoms with Crippen molar-refractivity contribution in [2.24, 2.45) is 0 Å². The molecule has 90 valence electrons. The first-order chi connectivity index (χ1) is 7.79. The SMILES string of the molecule is CCOC(=O)c1[nH]ncc1CNCCSC. The van der Waals surface area contributed by atoms with Crippen LogP contribution in [0, 0.1) is 0 Å². The van der Waals surface area contributed by atoms with E-state index < -0.39 is 0 Å². The summed E-state index contributed by atoms with van der Waals surface area (Å²) in [5.74, 6) is 0.703. The molecule has 0 spiro atoms. The lowest BCUT2D eigenvalue weighted by molar-refractivity contribution is 0.0518. The van der Waals surface area contributed by atoms with E-state index in [4.69, 9.17) is 4.74 Å². The smallest absolute Gasteiger partial charge is 0.356 e. The summed E-state index contributed by atoms with van der Waals surface area (Å²) in [6, 6.07) is 0. The number of hydrogen-bond acceptors (Lipinski definition) is 5. The molecule has 0 saturated heterocycles. The molecule has 2 N–H and O–H groups in total. The number of hydrogen-bond donors (Lipinski definition) is 2. The van der Waals surface area contributed by atoms with Gasteiger partial charge < -0.3 is 10.1 Å². The lowest BCUT2D eigenvalue weighted by Gasteiger charge is -2.04. The Morgan fingerprint density at radius 3 is 3.19 bits per heavy atom. The predicted octanol–water partition coefficient (Wildman–Crippen LogP) is 1.04. The fraction of sp³-hybridized carbons (Fsp3) is 0.600. The van der Waals surface area contributed by atoms with E-state index in [0.29, 0.717) is 18.8 Å². The zero-order chi connectivity index (χ0) is 11.8. The van der Waals surface area contributed by atoms with Gasteiger partial charge in [-0.25, -0.2) is 4.79 Å². The quantitative estimate of drug-likeness (QED) is 0.553. The van der Waals surface area contributed by atoms with Gasteiger partial charge in [-0.2, -0.15) is 16.9 Å². The Morgan fingerprint density at radius 1 is 1.69 bits per heavy atom. The Bertz CT molecular complexity index is 328. The molecule has 1 aromatic rings. The minimum Gasteiger partial charge on any atom is -0.461 e. The van der Waals surface area contributed by atoms with Crippen LogP contribution in [0.4, 0.5) is 0 Å². The molecule has 0 atom stereocenters. The van der Waals surface area contributed by atoms with Crippen molar-refractivity contribution in [1.29, 1.82) is 0 Å². The number of carbonyl (C=O) groups excluding carboxylic acids is 1. The number of nitrogens with one attached hydrogen (secondary N) is 2. The molecule has 0 bridgehead atoms. The van der Waals surface area contributed by atoms with Crippen LogP contribution in [-0.4, -0.2) is 41.3 Å². The van der Waals surface area contributed by atoms with Crippen LogP contribution in [0.1, 0.15) is 23.0 Å². The predicted molar refractivity (Wildman–Crippen MR) is 64.6 cm³/mol. The third-order valence-electron chi connectivity index (χ3n) is 2.00. The maximum absolute atomic E-state index is 11.5. The van der Waals surface area contributed by atoms with Gasteiger partial charge in [-0.05, 0) is 13.2 Å². The van der Waals surface area contributed by atoms with E-state index in [2.05, 4.69) is 21.8 Å². The third-order valence-corrected chi connectivity index (χ3v) is 2.61. The van der Waals surface area contributed by atoms with Crippen molar-refractivity contribution >= 4 is 17.7 Å². The fourth-order valence-electron chi connectivity index (χ4n) is 1.22. The van der Waals surface area contributed by atoms with E-state index >= 15 is 0 Å². The van der Waals surface area contributed by atoms with Crippen LogP contribution < -0.4 is 5.32 Å². The van der Waals surface area contributed by atoms with Crippen LogP contribution in [0.5, 0.6) is 0 Å². The van der Waals surface area contributed by atoms with Gasteiger partial charge in [0.1, 0.15) is 5.69 Å². The summed E-state index contributed by atoms with van der Waals surface area (Å²) in [5.41, 5.74) is 1.29. The van der Waals surface area contributed by atoms with Gasteiger partial charge >= 0.3 is 5.97 Å². The maximum Gasteiger partial charge on any atom is 0.356 e. The van der Waals surface area contributed by atoms with Gasteiger partial charge in [0, 0.05) is 24.4 Å². The van der Waals surface area contributed by atoms with Gasteiger partial charge in [0.15, 0.2) is 0 Å². The highest BCUT2D eigenvalue weighted by atomic mass is 32.2.